The molecule has 0 saturated heterocycles. The smallest absolute Gasteiger partial charge is 0.0949 e. The molecule has 0 aliphatic heterocycles. The maximum atomic E-state index is 9.12. The SMILES string of the molecule is CNCCc1cn(CCC(C)O)cn1. The summed E-state index contributed by atoms with van der Waals surface area (Å²) in [5.74, 6) is 0. The Labute approximate surface area is 85.0 Å². The molecule has 0 spiro atoms. The fourth-order valence-corrected chi connectivity index (χ4v) is 1.25. The Kier molecular flexibility index (Phi) is 4.62. The van der Waals surface area contributed by atoms with Crippen LogP contribution in [0.4, 0.5) is 0 Å². The molecule has 14 heavy (non-hydrogen) atoms. The minimum Gasteiger partial charge on any atom is -0.393 e. The minimum absolute atomic E-state index is 0.238. The highest BCUT2D eigenvalue weighted by Gasteiger charge is 2.00. The molecule has 0 aliphatic rings. The molecule has 0 aliphatic carbocycles. The average Bonchev–Trinajstić information content (AvgIpc) is 2.59. The first kappa shape index (κ1) is 11.2. The van der Waals surface area contributed by atoms with E-state index in [1.54, 1.807) is 6.92 Å². The van der Waals surface area contributed by atoms with Gasteiger partial charge in [-0.25, -0.2) is 4.98 Å². The van der Waals surface area contributed by atoms with E-state index in [1.165, 1.54) is 0 Å². The predicted molar refractivity (Wildman–Crippen MR) is 56.2 cm³/mol. The van der Waals surface area contributed by atoms with E-state index in [4.69, 9.17) is 5.11 Å². The normalized spacial score (nSPS) is 13.1. The van der Waals surface area contributed by atoms with Crippen LogP contribution in [-0.2, 0) is 13.0 Å². The van der Waals surface area contributed by atoms with Crippen LogP contribution in [0.5, 0.6) is 0 Å². The number of aromatic nitrogens is 2. The summed E-state index contributed by atoms with van der Waals surface area (Å²) in [7, 11) is 1.93. The highest BCUT2D eigenvalue weighted by atomic mass is 16.3. The Morgan fingerprint density at radius 3 is 3.07 bits per heavy atom. The molecule has 2 N–H and O–H groups in total. The van der Waals surface area contributed by atoms with Crippen LogP contribution in [0, 0.1) is 0 Å². The molecule has 80 valence electrons. The highest BCUT2D eigenvalue weighted by molar-refractivity contribution is 4.97. The largest absolute Gasteiger partial charge is 0.393 e. The molecule has 0 aromatic carbocycles. The number of imidazole rings is 1. The van der Waals surface area contributed by atoms with Gasteiger partial charge in [-0.1, -0.05) is 0 Å². The van der Waals surface area contributed by atoms with Gasteiger partial charge in [0.1, 0.15) is 0 Å². The van der Waals surface area contributed by atoms with Crippen LogP contribution >= 0.6 is 0 Å². The molecule has 1 unspecified atom stereocenters. The van der Waals surface area contributed by atoms with Gasteiger partial charge in [0.2, 0.25) is 0 Å². The van der Waals surface area contributed by atoms with Gasteiger partial charge >= 0.3 is 0 Å². The van der Waals surface area contributed by atoms with Crippen molar-refractivity contribution in [2.24, 2.45) is 0 Å². The summed E-state index contributed by atoms with van der Waals surface area (Å²) in [6, 6.07) is 0. The molecule has 1 aromatic heterocycles. The molecule has 0 bridgehead atoms. The monoisotopic (exact) mass is 197 g/mol. The lowest BCUT2D eigenvalue weighted by atomic mass is 10.3. The van der Waals surface area contributed by atoms with Crippen LogP contribution in [0.2, 0.25) is 0 Å². The summed E-state index contributed by atoms with van der Waals surface area (Å²) in [6.07, 6.45) is 5.37. The van der Waals surface area contributed by atoms with Crippen LogP contribution in [0.15, 0.2) is 12.5 Å². The van der Waals surface area contributed by atoms with E-state index in [9.17, 15) is 0 Å². The molecule has 0 saturated carbocycles. The summed E-state index contributed by atoms with van der Waals surface area (Å²) < 4.78 is 2.03. The first-order chi connectivity index (χ1) is 6.72. The van der Waals surface area contributed by atoms with Crippen LogP contribution in [0.3, 0.4) is 0 Å². The Morgan fingerprint density at radius 1 is 1.64 bits per heavy atom. The van der Waals surface area contributed by atoms with Crippen molar-refractivity contribution in [3.05, 3.63) is 18.2 Å². The number of nitrogens with zero attached hydrogens (tertiary/aromatic N) is 2. The predicted octanol–water partition coefficient (Wildman–Crippen LogP) is 0.416. The zero-order valence-corrected chi connectivity index (χ0v) is 8.90. The van der Waals surface area contributed by atoms with E-state index in [2.05, 4.69) is 10.3 Å². The van der Waals surface area contributed by atoms with Crippen molar-refractivity contribution in [3.8, 4) is 0 Å². The lowest BCUT2D eigenvalue weighted by molar-refractivity contribution is 0.178. The van der Waals surface area contributed by atoms with Crippen molar-refractivity contribution in [1.82, 2.24) is 14.9 Å². The van der Waals surface area contributed by atoms with Crippen molar-refractivity contribution in [2.75, 3.05) is 13.6 Å². The number of aliphatic hydroxyl groups excluding tert-OH is 1. The summed E-state index contributed by atoms with van der Waals surface area (Å²) in [5, 5.41) is 12.2. The van der Waals surface area contributed by atoms with Crippen LogP contribution < -0.4 is 5.32 Å². The second kappa shape index (κ2) is 5.78. The quantitative estimate of drug-likeness (QED) is 0.694. The van der Waals surface area contributed by atoms with E-state index in [0.29, 0.717) is 0 Å². The number of hydrogen-bond donors (Lipinski definition) is 2. The molecule has 1 rings (SSSR count). The number of aliphatic hydroxyl groups is 1. The van der Waals surface area contributed by atoms with Crippen LogP contribution in [0.25, 0.3) is 0 Å². The molecule has 4 nitrogen and oxygen atoms in total. The zero-order chi connectivity index (χ0) is 10.4. The van der Waals surface area contributed by atoms with Crippen molar-refractivity contribution < 1.29 is 5.11 Å². The van der Waals surface area contributed by atoms with E-state index in [-0.39, 0.29) is 6.10 Å². The van der Waals surface area contributed by atoms with Crippen molar-refractivity contribution in [3.63, 3.8) is 0 Å². The van der Waals surface area contributed by atoms with E-state index >= 15 is 0 Å². The second-order valence-electron chi connectivity index (χ2n) is 3.59. The van der Waals surface area contributed by atoms with Crippen molar-refractivity contribution in [2.45, 2.75) is 32.4 Å². The van der Waals surface area contributed by atoms with Crippen LogP contribution in [0.1, 0.15) is 19.0 Å². The Bertz CT molecular complexity index is 258. The third-order valence-electron chi connectivity index (χ3n) is 2.12. The van der Waals surface area contributed by atoms with Crippen molar-refractivity contribution in [1.29, 1.82) is 0 Å². The fourth-order valence-electron chi connectivity index (χ4n) is 1.25. The Morgan fingerprint density at radius 2 is 2.43 bits per heavy atom. The molecule has 1 atom stereocenters. The number of hydrogen-bond acceptors (Lipinski definition) is 3. The minimum atomic E-state index is -0.238. The van der Waals surface area contributed by atoms with Crippen molar-refractivity contribution >= 4 is 0 Å². The summed E-state index contributed by atoms with van der Waals surface area (Å²) in [5.41, 5.74) is 1.10. The molecular weight excluding hydrogens is 178 g/mol. The second-order valence-corrected chi connectivity index (χ2v) is 3.59. The summed E-state index contributed by atoms with van der Waals surface area (Å²) in [6.45, 7) is 3.59. The maximum Gasteiger partial charge on any atom is 0.0949 e. The molecule has 1 heterocycles. The molecule has 0 radical (unpaired) electrons. The van der Waals surface area contributed by atoms with Gasteiger partial charge in [0.05, 0.1) is 18.1 Å². The summed E-state index contributed by atoms with van der Waals surface area (Å²) >= 11 is 0. The fraction of sp³-hybridized carbons (Fsp3) is 0.700. The average molecular weight is 197 g/mol. The lowest BCUT2D eigenvalue weighted by Crippen LogP contribution is -2.10. The van der Waals surface area contributed by atoms with E-state index in [0.717, 1.165) is 31.6 Å². The van der Waals surface area contributed by atoms with Gasteiger partial charge in [-0.3, -0.25) is 0 Å². The van der Waals surface area contributed by atoms with Gasteiger partial charge in [-0.15, -0.1) is 0 Å². The number of rotatable bonds is 6. The molecule has 1 aromatic rings. The number of nitrogens with one attached hydrogen (secondary N) is 1. The third kappa shape index (κ3) is 3.89. The third-order valence-corrected chi connectivity index (χ3v) is 2.12. The highest BCUT2D eigenvalue weighted by Crippen LogP contribution is 2.00. The van der Waals surface area contributed by atoms with Gasteiger partial charge in [0.15, 0.2) is 0 Å². The Balaban J connectivity index is 2.35. The van der Waals surface area contributed by atoms with Gasteiger partial charge in [-0.05, 0) is 20.4 Å². The van der Waals surface area contributed by atoms with Gasteiger partial charge < -0.3 is 15.0 Å². The summed E-state index contributed by atoms with van der Waals surface area (Å²) in [4.78, 5) is 4.27. The molecule has 0 fully saturated rings. The standard InChI is InChI=1S/C10H19N3O/c1-9(14)4-6-13-7-10(12-8-13)3-5-11-2/h7-9,11,14H,3-6H2,1-2H3. The van der Waals surface area contributed by atoms with E-state index < -0.39 is 0 Å². The molecule has 4 heteroatoms. The maximum absolute atomic E-state index is 9.12. The van der Waals surface area contributed by atoms with Gasteiger partial charge in [0, 0.05) is 25.7 Å². The zero-order valence-electron chi connectivity index (χ0n) is 8.90. The topological polar surface area (TPSA) is 50.1 Å². The van der Waals surface area contributed by atoms with Crippen LogP contribution in [-0.4, -0.2) is 34.4 Å². The first-order valence-corrected chi connectivity index (χ1v) is 5.05. The number of aryl methyl sites for hydroxylation is 1. The van der Waals surface area contributed by atoms with E-state index in [1.807, 2.05) is 24.1 Å². The molecule has 0 amide bonds. The first-order valence-electron chi connectivity index (χ1n) is 5.05. The van der Waals surface area contributed by atoms with Gasteiger partial charge in [0.25, 0.3) is 0 Å². The van der Waals surface area contributed by atoms with Gasteiger partial charge in [-0.2, -0.15) is 0 Å². The lowest BCUT2D eigenvalue weighted by Gasteiger charge is -2.03. The Hall–Kier alpha value is -0.870. The number of likely N-dealkylation sites (N-methyl/N-ethyl adjacent to an activating group) is 1. The molecular formula is C10H19N3O.